The van der Waals surface area contributed by atoms with Gasteiger partial charge in [0.05, 0.1) is 29.3 Å². The highest BCUT2D eigenvalue weighted by atomic mass is 32.2. The van der Waals surface area contributed by atoms with Gasteiger partial charge < -0.3 is 14.2 Å². The second-order valence-electron chi connectivity index (χ2n) is 8.13. The summed E-state index contributed by atoms with van der Waals surface area (Å²) in [5.74, 6) is 0.448. The number of amides is 1. The van der Waals surface area contributed by atoms with Crippen LogP contribution in [0.4, 0.5) is 5.69 Å². The van der Waals surface area contributed by atoms with Gasteiger partial charge in [-0.25, -0.2) is 13.1 Å². The van der Waals surface area contributed by atoms with Gasteiger partial charge in [0.15, 0.2) is 0 Å². The summed E-state index contributed by atoms with van der Waals surface area (Å²) < 4.78 is 32.6. The van der Waals surface area contributed by atoms with Crippen LogP contribution in [-0.2, 0) is 21.4 Å². The minimum absolute atomic E-state index is 0.0733. The number of benzene rings is 2. The van der Waals surface area contributed by atoms with E-state index in [1.807, 2.05) is 17.0 Å². The third kappa shape index (κ3) is 6.38. The van der Waals surface area contributed by atoms with E-state index in [0.29, 0.717) is 31.0 Å². The molecule has 1 amide bonds. The van der Waals surface area contributed by atoms with Crippen LogP contribution < -0.4 is 9.62 Å². The van der Waals surface area contributed by atoms with Crippen LogP contribution in [0.1, 0.15) is 23.3 Å². The average molecular weight is 491 g/mol. The number of anilines is 1. The van der Waals surface area contributed by atoms with Gasteiger partial charge >= 0.3 is 0 Å². The third-order valence-corrected chi connectivity index (χ3v) is 7.21. The van der Waals surface area contributed by atoms with Gasteiger partial charge in [0.1, 0.15) is 5.76 Å². The lowest BCUT2D eigenvalue weighted by molar-refractivity contribution is -0.125. The van der Waals surface area contributed by atoms with Crippen molar-refractivity contribution in [2.24, 2.45) is 0 Å². The van der Waals surface area contributed by atoms with Gasteiger partial charge in [0.25, 0.3) is 0 Å². The van der Waals surface area contributed by atoms with E-state index in [1.54, 1.807) is 42.5 Å². The molecule has 9 heteroatoms. The van der Waals surface area contributed by atoms with Crippen LogP contribution in [0.2, 0.25) is 0 Å². The number of hydrogen-bond acceptors (Lipinski definition) is 6. The fourth-order valence-electron chi connectivity index (χ4n) is 3.84. The van der Waals surface area contributed by atoms with Crippen molar-refractivity contribution in [2.75, 3.05) is 31.1 Å². The van der Waals surface area contributed by atoms with E-state index >= 15 is 0 Å². The number of nitrogens with zero attached hydrogens (tertiary/aromatic N) is 3. The molecule has 0 spiro atoms. The number of carbonyl (C=O) groups is 1. The van der Waals surface area contributed by atoms with E-state index in [2.05, 4.69) is 15.7 Å². The van der Waals surface area contributed by atoms with E-state index in [9.17, 15) is 13.2 Å². The summed E-state index contributed by atoms with van der Waals surface area (Å²) in [5.41, 5.74) is 2.40. The lowest BCUT2D eigenvalue weighted by Gasteiger charge is -2.23. The zero-order valence-electron chi connectivity index (χ0n) is 19.1. The first-order valence-electron chi connectivity index (χ1n) is 11.3. The first-order chi connectivity index (χ1) is 16.9. The molecule has 0 radical (unpaired) electrons. The fraction of sp³-hybridized carbons (Fsp3) is 0.231. The molecule has 0 saturated carbocycles. The van der Waals surface area contributed by atoms with Gasteiger partial charge in [-0.15, -0.1) is 0 Å². The maximum Gasteiger partial charge on any atom is 0.246 e. The normalized spacial score (nSPS) is 14.6. The molecule has 0 unspecified atom stereocenters. The summed E-state index contributed by atoms with van der Waals surface area (Å²) in [5, 5.41) is 8.97. The molecular formula is C26H26N4O4S. The molecule has 0 aliphatic carbocycles. The Bertz CT molecular complexity index is 1310. The van der Waals surface area contributed by atoms with Crippen molar-refractivity contribution in [3.63, 3.8) is 0 Å². The van der Waals surface area contributed by atoms with Crippen molar-refractivity contribution < 1.29 is 17.6 Å². The SMILES string of the molecule is N#Cc1ccc(N2CCCN(C(=O)/C=C/c3ccc(S(=O)(=O)NCc4ccco4)cc3)CC2)cc1. The Morgan fingerprint density at radius 3 is 2.49 bits per heavy atom. The molecule has 3 aromatic rings. The highest BCUT2D eigenvalue weighted by Gasteiger charge is 2.18. The molecular weight excluding hydrogens is 464 g/mol. The Labute approximate surface area is 205 Å². The molecule has 1 saturated heterocycles. The van der Waals surface area contributed by atoms with E-state index < -0.39 is 10.0 Å². The van der Waals surface area contributed by atoms with E-state index in [1.165, 1.54) is 24.5 Å². The maximum atomic E-state index is 12.7. The summed E-state index contributed by atoms with van der Waals surface area (Å²) in [4.78, 5) is 16.9. The van der Waals surface area contributed by atoms with Crippen molar-refractivity contribution in [3.05, 3.63) is 89.9 Å². The quantitative estimate of drug-likeness (QED) is 0.509. The second-order valence-corrected chi connectivity index (χ2v) is 9.90. The molecule has 2 heterocycles. The monoisotopic (exact) mass is 490 g/mol. The van der Waals surface area contributed by atoms with Crippen LogP contribution in [0.15, 0.2) is 82.3 Å². The Morgan fingerprint density at radius 2 is 1.80 bits per heavy atom. The lowest BCUT2D eigenvalue weighted by atomic mass is 10.2. The number of carbonyl (C=O) groups excluding carboxylic acids is 1. The van der Waals surface area contributed by atoms with Crippen LogP contribution in [0.3, 0.4) is 0 Å². The van der Waals surface area contributed by atoms with E-state index in [4.69, 9.17) is 9.68 Å². The molecule has 1 aromatic heterocycles. The Balaban J connectivity index is 1.32. The number of furan rings is 1. The standard InChI is InChI=1S/C26H26N4O4S/c27-19-22-4-9-23(10-5-22)29-14-2-15-30(17-16-29)26(31)13-8-21-6-11-25(12-7-21)35(32,33)28-20-24-3-1-18-34-24/h1,3-13,18,28H,2,14-17,20H2/b13-8+. The Hall–Kier alpha value is -3.87. The van der Waals surface area contributed by atoms with Crippen LogP contribution in [0.5, 0.6) is 0 Å². The summed E-state index contributed by atoms with van der Waals surface area (Å²) in [7, 11) is -3.67. The molecule has 35 heavy (non-hydrogen) atoms. The fourth-order valence-corrected chi connectivity index (χ4v) is 4.83. The van der Waals surface area contributed by atoms with Gasteiger partial charge in [0, 0.05) is 37.9 Å². The third-order valence-electron chi connectivity index (χ3n) is 5.79. The molecule has 180 valence electrons. The van der Waals surface area contributed by atoms with E-state index in [0.717, 1.165) is 24.2 Å². The topological polar surface area (TPSA) is 107 Å². The van der Waals surface area contributed by atoms with Crippen molar-refractivity contribution in [3.8, 4) is 6.07 Å². The molecule has 0 atom stereocenters. The molecule has 0 bridgehead atoms. The van der Waals surface area contributed by atoms with Gasteiger partial charge in [-0.2, -0.15) is 5.26 Å². The van der Waals surface area contributed by atoms with Crippen LogP contribution in [0.25, 0.3) is 6.08 Å². The summed E-state index contributed by atoms with van der Waals surface area (Å²) in [6, 6.07) is 19.4. The van der Waals surface area contributed by atoms with Gasteiger partial charge in [0.2, 0.25) is 15.9 Å². The second kappa shape index (κ2) is 11.0. The number of nitriles is 1. The average Bonchev–Trinajstić information content (AvgIpc) is 3.29. The molecule has 4 rings (SSSR count). The lowest BCUT2D eigenvalue weighted by Crippen LogP contribution is -2.34. The first kappa shape index (κ1) is 24.3. The molecule has 8 nitrogen and oxygen atoms in total. The van der Waals surface area contributed by atoms with Crippen LogP contribution in [-0.4, -0.2) is 45.4 Å². The predicted octanol–water partition coefficient (Wildman–Crippen LogP) is 3.38. The Kier molecular flexibility index (Phi) is 7.65. The smallest absolute Gasteiger partial charge is 0.246 e. The van der Waals surface area contributed by atoms with Gasteiger partial charge in [-0.1, -0.05) is 12.1 Å². The summed E-state index contributed by atoms with van der Waals surface area (Å²) in [6.45, 7) is 2.88. The maximum absolute atomic E-state index is 12.7. The van der Waals surface area contributed by atoms with Gasteiger partial charge in [-0.05, 0) is 66.6 Å². The molecule has 1 aliphatic rings. The largest absolute Gasteiger partial charge is 0.468 e. The molecule has 1 fully saturated rings. The summed E-state index contributed by atoms with van der Waals surface area (Å²) >= 11 is 0. The van der Waals surface area contributed by atoms with Crippen molar-refractivity contribution in [2.45, 2.75) is 17.9 Å². The predicted molar refractivity (Wildman–Crippen MR) is 133 cm³/mol. The molecule has 1 aliphatic heterocycles. The van der Waals surface area contributed by atoms with Crippen LogP contribution in [0, 0.1) is 11.3 Å². The van der Waals surface area contributed by atoms with Crippen LogP contribution >= 0.6 is 0 Å². The highest BCUT2D eigenvalue weighted by molar-refractivity contribution is 7.89. The summed E-state index contributed by atoms with van der Waals surface area (Å²) in [6.07, 6.45) is 5.55. The number of nitrogens with one attached hydrogen (secondary N) is 1. The van der Waals surface area contributed by atoms with E-state index in [-0.39, 0.29) is 17.3 Å². The molecule has 2 aromatic carbocycles. The first-order valence-corrected chi connectivity index (χ1v) is 12.8. The number of hydrogen-bond donors (Lipinski definition) is 1. The minimum atomic E-state index is -3.67. The highest BCUT2D eigenvalue weighted by Crippen LogP contribution is 2.18. The zero-order valence-corrected chi connectivity index (χ0v) is 19.9. The van der Waals surface area contributed by atoms with Crippen molar-refractivity contribution in [1.29, 1.82) is 5.26 Å². The Morgan fingerprint density at radius 1 is 1.03 bits per heavy atom. The zero-order chi connectivity index (χ0) is 24.7. The van der Waals surface area contributed by atoms with Gasteiger partial charge in [-0.3, -0.25) is 4.79 Å². The molecule has 1 N–H and O–H groups in total. The number of sulfonamides is 1. The minimum Gasteiger partial charge on any atom is -0.468 e. The number of rotatable bonds is 7. The van der Waals surface area contributed by atoms with Crippen molar-refractivity contribution >= 4 is 27.7 Å². The van der Waals surface area contributed by atoms with Crippen molar-refractivity contribution in [1.82, 2.24) is 9.62 Å².